The summed E-state index contributed by atoms with van der Waals surface area (Å²) in [6, 6.07) is 5.73. The minimum Gasteiger partial charge on any atom is -0.485 e. The second kappa shape index (κ2) is 7.59. The molecular weight excluding hydrogens is 284 g/mol. The van der Waals surface area contributed by atoms with Gasteiger partial charge in [0.1, 0.15) is 18.0 Å². The summed E-state index contributed by atoms with van der Waals surface area (Å²) in [6.07, 6.45) is 0. The predicted molar refractivity (Wildman–Crippen MR) is 74.9 cm³/mol. The van der Waals surface area contributed by atoms with Gasteiger partial charge in [0.05, 0.1) is 0 Å². The molecule has 3 nitrogen and oxygen atoms in total. The molecular formula is C14H15F2NO2S. The summed E-state index contributed by atoms with van der Waals surface area (Å²) in [6.45, 7) is 4.15. The number of nitrogens with two attached hydrogens (primary N) is 1. The molecule has 2 N–H and O–H groups in total. The van der Waals surface area contributed by atoms with Crippen LogP contribution in [0.1, 0.15) is 29.1 Å². The fourth-order valence-corrected chi connectivity index (χ4v) is 2.03. The summed E-state index contributed by atoms with van der Waals surface area (Å²) in [7, 11) is 0. The molecule has 1 amide bonds. The number of carbonyl (C=O) groups is 1. The Hall–Kier alpha value is -1.95. The van der Waals surface area contributed by atoms with Gasteiger partial charge in [-0.2, -0.15) is 0 Å². The maximum Gasteiger partial charge on any atom is 0.254 e. The fraction of sp³-hybridized carbons (Fsp3) is 0.214. The zero-order valence-electron chi connectivity index (χ0n) is 11.2. The Morgan fingerprint density at radius 2 is 2.00 bits per heavy atom. The van der Waals surface area contributed by atoms with E-state index in [1.165, 1.54) is 11.3 Å². The van der Waals surface area contributed by atoms with Gasteiger partial charge >= 0.3 is 0 Å². The van der Waals surface area contributed by atoms with E-state index in [0.717, 1.165) is 17.0 Å². The second-order valence-electron chi connectivity index (χ2n) is 3.47. The highest BCUT2D eigenvalue weighted by atomic mass is 32.1. The Balaban J connectivity index is 0.000000956. The Kier molecular flexibility index (Phi) is 6.11. The maximum absolute atomic E-state index is 13.8. The zero-order chi connectivity index (χ0) is 15.1. The van der Waals surface area contributed by atoms with Gasteiger partial charge in [0, 0.05) is 4.88 Å². The molecule has 0 spiro atoms. The van der Waals surface area contributed by atoms with E-state index in [1.807, 2.05) is 31.4 Å². The van der Waals surface area contributed by atoms with Gasteiger partial charge in [-0.25, -0.2) is 8.78 Å². The van der Waals surface area contributed by atoms with Gasteiger partial charge in [-0.05, 0) is 23.6 Å². The van der Waals surface area contributed by atoms with Crippen molar-refractivity contribution in [1.29, 1.82) is 0 Å². The van der Waals surface area contributed by atoms with Crippen LogP contribution in [0.4, 0.5) is 8.78 Å². The first-order valence-electron chi connectivity index (χ1n) is 6.02. The van der Waals surface area contributed by atoms with E-state index in [2.05, 4.69) is 0 Å². The van der Waals surface area contributed by atoms with Crippen molar-refractivity contribution in [3.8, 4) is 5.75 Å². The van der Waals surface area contributed by atoms with E-state index in [1.54, 1.807) is 0 Å². The van der Waals surface area contributed by atoms with Gasteiger partial charge in [-0.1, -0.05) is 19.9 Å². The normalized spacial score (nSPS) is 9.60. The van der Waals surface area contributed by atoms with E-state index in [-0.39, 0.29) is 12.4 Å². The van der Waals surface area contributed by atoms with Crippen molar-refractivity contribution in [3.05, 3.63) is 51.7 Å². The molecule has 0 unspecified atom stereocenters. The highest BCUT2D eigenvalue weighted by molar-refractivity contribution is 7.09. The van der Waals surface area contributed by atoms with Crippen LogP contribution in [-0.4, -0.2) is 5.91 Å². The topological polar surface area (TPSA) is 52.3 Å². The third-order valence-electron chi connectivity index (χ3n) is 2.25. The van der Waals surface area contributed by atoms with Crippen LogP contribution in [0.3, 0.4) is 0 Å². The maximum atomic E-state index is 13.8. The Morgan fingerprint density at radius 3 is 2.55 bits per heavy atom. The zero-order valence-corrected chi connectivity index (χ0v) is 12.0. The molecule has 0 saturated carbocycles. The second-order valence-corrected chi connectivity index (χ2v) is 4.50. The van der Waals surface area contributed by atoms with E-state index in [9.17, 15) is 13.6 Å². The van der Waals surface area contributed by atoms with Crippen LogP contribution in [-0.2, 0) is 6.61 Å². The molecule has 2 aromatic rings. The first-order valence-corrected chi connectivity index (χ1v) is 6.90. The Morgan fingerprint density at radius 1 is 1.30 bits per heavy atom. The largest absolute Gasteiger partial charge is 0.485 e. The summed E-state index contributed by atoms with van der Waals surface area (Å²) >= 11 is 1.45. The van der Waals surface area contributed by atoms with Crippen molar-refractivity contribution in [2.75, 3.05) is 0 Å². The van der Waals surface area contributed by atoms with Crippen molar-refractivity contribution >= 4 is 17.2 Å². The van der Waals surface area contributed by atoms with E-state index in [4.69, 9.17) is 10.5 Å². The summed E-state index contributed by atoms with van der Waals surface area (Å²) in [4.78, 5) is 11.8. The van der Waals surface area contributed by atoms with Gasteiger partial charge < -0.3 is 10.5 Å². The molecule has 1 aromatic carbocycles. The number of ether oxygens (including phenoxy) is 1. The first-order chi connectivity index (χ1) is 9.59. The van der Waals surface area contributed by atoms with Crippen LogP contribution < -0.4 is 10.5 Å². The summed E-state index contributed by atoms with van der Waals surface area (Å²) < 4.78 is 32.1. The number of halogens is 2. The standard InChI is InChI=1S/C12H9F2NO2S.C2H6/c13-8-3-4-9(11(14)10(8)12(15)16)17-6-7-2-1-5-18-7;1-2/h1-5H,6H2,(H2,15,16);1-2H3. The monoisotopic (exact) mass is 299 g/mol. The lowest BCUT2D eigenvalue weighted by Gasteiger charge is -2.08. The van der Waals surface area contributed by atoms with Crippen molar-refractivity contribution < 1.29 is 18.3 Å². The van der Waals surface area contributed by atoms with Gasteiger partial charge in [-0.3, -0.25) is 4.79 Å². The lowest BCUT2D eigenvalue weighted by molar-refractivity contribution is 0.0991. The molecule has 20 heavy (non-hydrogen) atoms. The highest BCUT2D eigenvalue weighted by Crippen LogP contribution is 2.24. The molecule has 0 saturated heterocycles. The quantitative estimate of drug-likeness (QED) is 0.935. The summed E-state index contributed by atoms with van der Waals surface area (Å²) in [5.41, 5.74) is 4.12. The van der Waals surface area contributed by atoms with Crippen molar-refractivity contribution in [1.82, 2.24) is 0 Å². The molecule has 1 heterocycles. The molecule has 1 aromatic heterocycles. The van der Waals surface area contributed by atoms with Gasteiger partial charge in [0.2, 0.25) is 0 Å². The smallest absolute Gasteiger partial charge is 0.254 e. The minimum absolute atomic E-state index is 0.151. The van der Waals surface area contributed by atoms with E-state index >= 15 is 0 Å². The average Bonchev–Trinajstić information content (AvgIpc) is 2.93. The van der Waals surface area contributed by atoms with Crippen LogP contribution in [0.15, 0.2) is 29.6 Å². The molecule has 0 fully saturated rings. The first kappa shape index (κ1) is 16.1. The highest BCUT2D eigenvalue weighted by Gasteiger charge is 2.19. The third kappa shape index (κ3) is 3.77. The fourth-order valence-electron chi connectivity index (χ4n) is 1.41. The summed E-state index contributed by atoms with van der Waals surface area (Å²) in [5, 5.41) is 1.86. The van der Waals surface area contributed by atoms with Crippen molar-refractivity contribution in [2.45, 2.75) is 20.5 Å². The Labute approximate surface area is 120 Å². The van der Waals surface area contributed by atoms with Crippen LogP contribution in [0, 0.1) is 11.6 Å². The molecule has 0 aliphatic heterocycles. The van der Waals surface area contributed by atoms with Crippen LogP contribution in [0.2, 0.25) is 0 Å². The molecule has 0 bridgehead atoms. The minimum atomic E-state index is -1.16. The number of primary amides is 1. The van der Waals surface area contributed by atoms with Gasteiger partial charge in [-0.15, -0.1) is 11.3 Å². The van der Waals surface area contributed by atoms with Crippen molar-refractivity contribution in [3.63, 3.8) is 0 Å². The number of carbonyl (C=O) groups excluding carboxylic acids is 1. The predicted octanol–water partition coefficient (Wildman–Crippen LogP) is 3.73. The number of hydrogen-bond donors (Lipinski definition) is 1. The number of rotatable bonds is 4. The molecule has 2 rings (SSSR count). The lowest BCUT2D eigenvalue weighted by atomic mass is 10.1. The number of benzene rings is 1. The Bertz CT molecular complexity index is 571. The van der Waals surface area contributed by atoms with E-state index < -0.39 is 23.1 Å². The van der Waals surface area contributed by atoms with Crippen molar-refractivity contribution in [2.24, 2.45) is 5.73 Å². The molecule has 0 atom stereocenters. The number of hydrogen-bond acceptors (Lipinski definition) is 3. The van der Waals surface area contributed by atoms with E-state index in [0.29, 0.717) is 0 Å². The van der Waals surface area contributed by atoms with Crippen LogP contribution in [0.25, 0.3) is 0 Å². The number of amides is 1. The van der Waals surface area contributed by atoms with Gasteiger partial charge in [0.25, 0.3) is 5.91 Å². The summed E-state index contributed by atoms with van der Waals surface area (Å²) in [5.74, 6) is -3.42. The molecule has 108 valence electrons. The average molecular weight is 299 g/mol. The molecule has 0 radical (unpaired) electrons. The van der Waals surface area contributed by atoms with Crippen LogP contribution >= 0.6 is 11.3 Å². The van der Waals surface area contributed by atoms with Crippen LogP contribution in [0.5, 0.6) is 5.75 Å². The lowest BCUT2D eigenvalue weighted by Crippen LogP contribution is -2.16. The number of thiophene rings is 1. The SMILES string of the molecule is CC.NC(=O)c1c(F)ccc(OCc2cccs2)c1F. The molecule has 0 aliphatic rings. The molecule has 6 heteroatoms. The molecule has 0 aliphatic carbocycles. The third-order valence-corrected chi connectivity index (χ3v) is 3.10. The van der Waals surface area contributed by atoms with Gasteiger partial charge in [0.15, 0.2) is 11.6 Å².